The second kappa shape index (κ2) is 10.6. The Kier molecular flexibility index (Phi) is 6.95. The number of hydrogen-bond acceptors (Lipinski definition) is 7. The maximum absolute atomic E-state index is 5.82. The summed E-state index contributed by atoms with van der Waals surface area (Å²) < 4.78 is 17.0. The zero-order valence-corrected chi connectivity index (χ0v) is 20.2. The molecule has 1 saturated heterocycles. The van der Waals surface area contributed by atoms with Crippen LogP contribution in [0.3, 0.4) is 0 Å². The molecule has 4 aromatic rings. The van der Waals surface area contributed by atoms with Crippen molar-refractivity contribution in [3.05, 3.63) is 67.0 Å². The summed E-state index contributed by atoms with van der Waals surface area (Å²) >= 11 is 0. The first kappa shape index (κ1) is 22.9. The Hall–Kier alpha value is -3.84. The molecule has 1 aliphatic rings. The van der Waals surface area contributed by atoms with E-state index in [1.165, 1.54) is 5.69 Å². The van der Waals surface area contributed by atoms with Crippen molar-refractivity contribution in [2.75, 3.05) is 49.7 Å². The highest BCUT2D eigenvalue weighted by atomic mass is 16.5. The highest BCUT2D eigenvalue weighted by Crippen LogP contribution is 2.35. The molecule has 2 heterocycles. The summed E-state index contributed by atoms with van der Waals surface area (Å²) in [5, 5.41) is 4.43. The zero-order valence-electron chi connectivity index (χ0n) is 20.2. The number of hydrogen-bond donors (Lipinski definition) is 1. The first-order valence-corrected chi connectivity index (χ1v) is 12.1. The molecule has 0 saturated carbocycles. The van der Waals surface area contributed by atoms with Crippen molar-refractivity contribution in [1.29, 1.82) is 0 Å². The van der Waals surface area contributed by atoms with Gasteiger partial charge in [-0.05, 0) is 73.5 Å². The van der Waals surface area contributed by atoms with Crippen molar-refractivity contribution in [3.8, 4) is 22.6 Å². The van der Waals surface area contributed by atoms with Gasteiger partial charge in [0, 0.05) is 29.9 Å². The fraction of sp³-hybridized carbons (Fsp3) is 0.286. The SMILES string of the molecule is CCOc1ccc(-c2ccc3ncnc(Nc4ccc(N5CCOCC5)cc4)c3c2)cc1OCC. The fourth-order valence-corrected chi connectivity index (χ4v) is 4.28. The first-order valence-electron chi connectivity index (χ1n) is 12.1. The maximum atomic E-state index is 5.82. The zero-order chi connectivity index (χ0) is 24.0. The quantitative estimate of drug-likeness (QED) is 0.356. The average molecular weight is 471 g/mol. The number of anilines is 3. The molecule has 3 aromatic carbocycles. The van der Waals surface area contributed by atoms with E-state index in [9.17, 15) is 0 Å². The minimum absolute atomic E-state index is 0.577. The standard InChI is InChI=1S/C28H30N4O3/c1-3-34-26-12-6-21(18-27(26)35-4-2)20-5-11-25-24(17-20)28(30-19-29-25)31-22-7-9-23(10-8-22)32-13-15-33-16-14-32/h5-12,17-19H,3-4,13-16H2,1-2H3,(H,29,30,31). The summed E-state index contributed by atoms with van der Waals surface area (Å²) in [6.07, 6.45) is 1.59. The number of benzene rings is 3. The molecule has 0 aliphatic carbocycles. The van der Waals surface area contributed by atoms with Crippen LogP contribution in [0.5, 0.6) is 11.5 Å². The monoisotopic (exact) mass is 470 g/mol. The summed E-state index contributed by atoms with van der Waals surface area (Å²) in [5.41, 5.74) is 5.17. The Morgan fingerprint density at radius 3 is 2.31 bits per heavy atom. The third-order valence-electron chi connectivity index (χ3n) is 6.02. The minimum atomic E-state index is 0.577. The molecule has 1 N–H and O–H groups in total. The van der Waals surface area contributed by atoms with Gasteiger partial charge < -0.3 is 24.4 Å². The molecule has 0 atom stereocenters. The number of rotatable bonds is 8. The summed E-state index contributed by atoms with van der Waals surface area (Å²) in [6, 6.07) is 20.7. The van der Waals surface area contributed by atoms with Crippen molar-refractivity contribution < 1.29 is 14.2 Å². The summed E-state index contributed by atoms with van der Waals surface area (Å²) in [7, 11) is 0. The third-order valence-corrected chi connectivity index (χ3v) is 6.02. The lowest BCUT2D eigenvalue weighted by atomic mass is 10.0. The van der Waals surface area contributed by atoms with Gasteiger partial charge in [0.1, 0.15) is 12.1 Å². The second-order valence-corrected chi connectivity index (χ2v) is 8.25. The van der Waals surface area contributed by atoms with Crippen LogP contribution in [0.1, 0.15) is 13.8 Å². The van der Waals surface area contributed by atoms with Crippen molar-refractivity contribution in [3.63, 3.8) is 0 Å². The molecule has 5 rings (SSSR count). The first-order chi connectivity index (χ1) is 17.2. The molecule has 0 radical (unpaired) electrons. The van der Waals surface area contributed by atoms with Gasteiger partial charge in [-0.25, -0.2) is 9.97 Å². The van der Waals surface area contributed by atoms with Gasteiger partial charge in [0.25, 0.3) is 0 Å². The van der Waals surface area contributed by atoms with Crippen LogP contribution >= 0.6 is 0 Å². The molecule has 1 aromatic heterocycles. The van der Waals surface area contributed by atoms with E-state index < -0.39 is 0 Å². The van der Waals surface area contributed by atoms with Gasteiger partial charge in [0.15, 0.2) is 11.5 Å². The lowest BCUT2D eigenvalue weighted by Gasteiger charge is -2.28. The maximum Gasteiger partial charge on any atom is 0.161 e. The van der Waals surface area contributed by atoms with E-state index >= 15 is 0 Å². The number of nitrogens with one attached hydrogen (secondary N) is 1. The predicted molar refractivity (Wildman–Crippen MR) is 140 cm³/mol. The largest absolute Gasteiger partial charge is 0.490 e. The summed E-state index contributed by atoms with van der Waals surface area (Å²) in [5.74, 6) is 2.27. The number of nitrogens with zero attached hydrogens (tertiary/aromatic N) is 3. The molecule has 35 heavy (non-hydrogen) atoms. The van der Waals surface area contributed by atoms with E-state index in [1.54, 1.807) is 6.33 Å². The fourth-order valence-electron chi connectivity index (χ4n) is 4.28. The number of morpholine rings is 1. The molecule has 7 nitrogen and oxygen atoms in total. The molecular formula is C28H30N4O3. The Labute approximate surface area is 205 Å². The van der Waals surface area contributed by atoms with Gasteiger partial charge in [-0.1, -0.05) is 12.1 Å². The van der Waals surface area contributed by atoms with Crippen LogP contribution in [-0.4, -0.2) is 49.5 Å². The Balaban J connectivity index is 1.43. The minimum Gasteiger partial charge on any atom is -0.490 e. The van der Waals surface area contributed by atoms with E-state index in [0.29, 0.717) is 13.2 Å². The van der Waals surface area contributed by atoms with Crippen molar-refractivity contribution in [1.82, 2.24) is 9.97 Å². The summed E-state index contributed by atoms with van der Waals surface area (Å²) in [4.78, 5) is 11.3. The Morgan fingerprint density at radius 2 is 1.54 bits per heavy atom. The van der Waals surface area contributed by atoms with Crippen LogP contribution in [-0.2, 0) is 4.74 Å². The molecule has 0 unspecified atom stereocenters. The third kappa shape index (κ3) is 5.15. The van der Waals surface area contributed by atoms with Gasteiger partial charge in [-0.3, -0.25) is 0 Å². The Bertz CT molecular complexity index is 1290. The van der Waals surface area contributed by atoms with E-state index in [-0.39, 0.29) is 0 Å². The molecular weight excluding hydrogens is 440 g/mol. The predicted octanol–water partition coefficient (Wildman–Crippen LogP) is 5.67. The molecule has 1 aliphatic heterocycles. The van der Waals surface area contributed by atoms with Crippen molar-refractivity contribution in [2.45, 2.75) is 13.8 Å². The van der Waals surface area contributed by atoms with Crippen LogP contribution in [0.25, 0.3) is 22.0 Å². The van der Waals surface area contributed by atoms with Gasteiger partial charge in [0.2, 0.25) is 0 Å². The molecule has 0 spiro atoms. The van der Waals surface area contributed by atoms with Gasteiger partial charge in [-0.15, -0.1) is 0 Å². The second-order valence-electron chi connectivity index (χ2n) is 8.25. The number of fused-ring (bicyclic) bond motifs is 1. The van der Waals surface area contributed by atoms with Crippen LogP contribution < -0.4 is 19.7 Å². The average Bonchev–Trinajstić information content (AvgIpc) is 2.91. The van der Waals surface area contributed by atoms with E-state index in [1.807, 2.05) is 32.0 Å². The topological polar surface area (TPSA) is 68.7 Å². The number of ether oxygens (including phenoxy) is 3. The summed E-state index contributed by atoms with van der Waals surface area (Å²) in [6.45, 7) is 8.50. The van der Waals surface area contributed by atoms with Crippen molar-refractivity contribution >= 4 is 28.1 Å². The van der Waals surface area contributed by atoms with Crippen LogP contribution in [0, 0.1) is 0 Å². The van der Waals surface area contributed by atoms with Crippen molar-refractivity contribution in [2.24, 2.45) is 0 Å². The van der Waals surface area contributed by atoms with Gasteiger partial charge in [0.05, 0.1) is 31.9 Å². The lowest BCUT2D eigenvalue weighted by molar-refractivity contribution is 0.122. The van der Waals surface area contributed by atoms with Gasteiger partial charge >= 0.3 is 0 Å². The van der Waals surface area contributed by atoms with E-state index in [4.69, 9.17) is 14.2 Å². The van der Waals surface area contributed by atoms with Crippen LogP contribution in [0.4, 0.5) is 17.2 Å². The Morgan fingerprint density at radius 1 is 0.829 bits per heavy atom. The smallest absolute Gasteiger partial charge is 0.161 e. The highest BCUT2D eigenvalue weighted by molar-refractivity contribution is 5.94. The van der Waals surface area contributed by atoms with Gasteiger partial charge in [-0.2, -0.15) is 0 Å². The normalized spacial score (nSPS) is 13.6. The molecule has 180 valence electrons. The molecule has 1 fully saturated rings. The molecule has 0 bridgehead atoms. The van der Waals surface area contributed by atoms with Crippen LogP contribution in [0.15, 0.2) is 67.0 Å². The van der Waals surface area contributed by atoms with E-state index in [0.717, 1.165) is 71.3 Å². The highest BCUT2D eigenvalue weighted by Gasteiger charge is 2.13. The van der Waals surface area contributed by atoms with E-state index in [2.05, 4.69) is 62.6 Å². The molecule has 7 heteroatoms. The number of aromatic nitrogens is 2. The molecule has 0 amide bonds. The van der Waals surface area contributed by atoms with Crippen LogP contribution in [0.2, 0.25) is 0 Å². The lowest BCUT2D eigenvalue weighted by Crippen LogP contribution is -2.36.